The highest BCUT2D eigenvalue weighted by Gasteiger charge is 2.26. The van der Waals surface area contributed by atoms with E-state index in [0.29, 0.717) is 6.42 Å². The predicted octanol–water partition coefficient (Wildman–Crippen LogP) is 5.18. The Morgan fingerprint density at radius 2 is 2.06 bits per heavy atom. The van der Waals surface area contributed by atoms with Crippen LogP contribution in [0.2, 0.25) is 0 Å². The molecule has 5 rings (SSSR count). The van der Waals surface area contributed by atoms with Crippen molar-refractivity contribution >= 4 is 17.0 Å². The Hall–Kier alpha value is -3.48. The monoisotopic (exact) mass is 443 g/mol. The van der Waals surface area contributed by atoms with E-state index in [9.17, 15) is 4.79 Å². The summed E-state index contributed by atoms with van der Waals surface area (Å²) in [4.78, 5) is 24.9. The minimum absolute atomic E-state index is 0.128. The van der Waals surface area contributed by atoms with Gasteiger partial charge < -0.3 is 9.72 Å². The third-order valence-electron chi connectivity index (χ3n) is 6.13. The summed E-state index contributed by atoms with van der Waals surface area (Å²) in [5.74, 6) is 0.0738. The Kier molecular flexibility index (Phi) is 5.27. The average molecular weight is 444 g/mol. The van der Waals surface area contributed by atoms with Gasteiger partial charge in [0.05, 0.1) is 24.0 Å². The zero-order chi connectivity index (χ0) is 23.2. The first kappa shape index (κ1) is 21.4. The zero-order valence-electron chi connectivity index (χ0n) is 19.6. The van der Waals surface area contributed by atoms with Crippen molar-refractivity contribution in [2.24, 2.45) is 7.05 Å². The average Bonchev–Trinajstić information content (AvgIpc) is 3.38. The number of aryl methyl sites for hydroxylation is 2. The number of aromatic nitrogens is 5. The fourth-order valence-electron chi connectivity index (χ4n) is 4.74. The van der Waals surface area contributed by atoms with Crippen molar-refractivity contribution in [1.82, 2.24) is 24.7 Å². The molecule has 4 aromatic rings. The Balaban J connectivity index is 1.46. The molecule has 1 atom stereocenters. The number of hydrogen-bond acceptors (Lipinski definition) is 5. The van der Waals surface area contributed by atoms with E-state index in [2.05, 4.69) is 44.3 Å². The normalized spacial score (nSPS) is 16.1. The molecule has 1 aliphatic rings. The van der Waals surface area contributed by atoms with Crippen LogP contribution in [0.25, 0.3) is 33.5 Å². The van der Waals surface area contributed by atoms with Crippen molar-refractivity contribution in [1.29, 1.82) is 0 Å². The second-order valence-corrected chi connectivity index (χ2v) is 9.86. The van der Waals surface area contributed by atoms with E-state index in [0.717, 1.165) is 52.8 Å². The summed E-state index contributed by atoms with van der Waals surface area (Å²) >= 11 is 0. The van der Waals surface area contributed by atoms with Crippen LogP contribution in [0.5, 0.6) is 0 Å². The van der Waals surface area contributed by atoms with Gasteiger partial charge in [-0.15, -0.1) is 0 Å². The van der Waals surface area contributed by atoms with Gasteiger partial charge in [0.15, 0.2) is 0 Å². The minimum atomic E-state index is -0.456. The molecule has 1 N–H and O–H groups in total. The number of esters is 1. The molecule has 0 spiro atoms. The minimum Gasteiger partial charge on any atom is -0.460 e. The maximum absolute atomic E-state index is 12.4. The quantitative estimate of drug-likeness (QED) is 0.440. The lowest BCUT2D eigenvalue weighted by molar-refractivity contribution is -0.155. The molecule has 1 unspecified atom stereocenters. The van der Waals surface area contributed by atoms with Crippen LogP contribution in [-0.4, -0.2) is 36.3 Å². The molecule has 0 radical (unpaired) electrons. The van der Waals surface area contributed by atoms with E-state index in [1.807, 2.05) is 40.2 Å². The topological polar surface area (TPSA) is 85.7 Å². The van der Waals surface area contributed by atoms with Crippen LogP contribution < -0.4 is 0 Å². The smallest absolute Gasteiger partial charge is 0.306 e. The molecule has 1 aliphatic carbocycles. The Labute approximate surface area is 193 Å². The molecular weight excluding hydrogens is 414 g/mol. The number of hydrogen-bond donors (Lipinski definition) is 1. The van der Waals surface area contributed by atoms with Crippen molar-refractivity contribution < 1.29 is 9.53 Å². The predicted molar refractivity (Wildman–Crippen MR) is 128 cm³/mol. The third kappa shape index (κ3) is 4.40. The van der Waals surface area contributed by atoms with Crippen molar-refractivity contribution in [3.8, 4) is 22.5 Å². The first-order valence-corrected chi connectivity index (χ1v) is 11.4. The van der Waals surface area contributed by atoms with Crippen LogP contribution in [0.4, 0.5) is 0 Å². The molecule has 0 saturated heterocycles. The summed E-state index contributed by atoms with van der Waals surface area (Å²) in [6, 6.07) is 8.60. The highest BCUT2D eigenvalue weighted by molar-refractivity contribution is 5.94. The molecule has 3 aromatic heterocycles. The van der Waals surface area contributed by atoms with E-state index >= 15 is 0 Å². The van der Waals surface area contributed by atoms with E-state index in [1.54, 1.807) is 11.0 Å². The van der Waals surface area contributed by atoms with Gasteiger partial charge in [-0.25, -0.2) is 9.97 Å². The second-order valence-electron chi connectivity index (χ2n) is 9.86. The van der Waals surface area contributed by atoms with E-state index in [4.69, 9.17) is 4.74 Å². The number of aromatic amines is 1. The summed E-state index contributed by atoms with van der Waals surface area (Å²) in [6.07, 6.45) is 8.92. The van der Waals surface area contributed by atoms with Crippen molar-refractivity contribution in [2.45, 2.75) is 58.0 Å². The van der Waals surface area contributed by atoms with Gasteiger partial charge >= 0.3 is 5.97 Å². The van der Waals surface area contributed by atoms with Gasteiger partial charge in [0.25, 0.3) is 0 Å². The number of nitrogens with one attached hydrogen (secondary N) is 1. The molecule has 33 heavy (non-hydrogen) atoms. The summed E-state index contributed by atoms with van der Waals surface area (Å²) in [7, 11) is 1.90. The summed E-state index contributed by atoms with van der Waals surface area (Å²) < 4.78 is 7.35. The number of H-pyrrole nitrogens is 1. The molecule has 0 saturated carbocycles. The Bertz CT molecular complexity index is 1330. The van der Waals surface area contributed by atoms with Crippen LogP contribution in [0, 0.1) is 0 Å². The molecule has 0 bridgehead atoms. The SMILES string of the molecule is Cn1cc(-c2cc3c(-c4ccc5c(c4)CCCC5CC(=O)OC(C)(C)C)ncnc3[nH]2)cn1. The zero-order valence-corrected chi connectivity index (χ0v) is 19.6. The fraction of sp³-hybridized carbons (Fsp3) is 0.385. The van der Waals surface area contributed by atoms with E-state index in [-0.39, 0.29) is 11.9 Å². The van der Waals surface area contributed by atoms with Crippen LogP contribution >= 0.6 is 0 Å². The number of fused-ring (bicyclic) bond motifs is 2. The van der Waals surface area contributed by atoms with Gasteiger partial charge in [-0.3, -0.25) is 9.48 Å². The number of carbonyl (C=O) groups excluding carboxylic acids is 1. The number of nitrogens with zero attached hydrogens (tertiary/aromatic N) is 4. The number of carbonyl (C=O) groups is 1. The summed E-state index contributed by atoms with van der Waals surface area (Å²) in [5, 5.41) is 5.25. The molecule has 170 valence electrons. The van der Waals surface area contributed by atoms with Gasteiger partial charge in [-0.1, -0.05) is 12.1 Å². The Morgan fingerprint density at radius 1 is 1.21 bits per heavy atom. The largest absolute Gasteiger partial charge is 0.460 e. The molecule has 0 fully saturated rings. The molecule has 0 amide bonds. The maximum atomic E-state index is 12.4. The molecular formula is C26H29N5O2. The maximum Gasteiger partial charge on any atom is 0.306 e. The molecule has 7 heteroatoms. The lowest BCUT2D eigenvalue weighted by Gasteiger charge is -2.27. The highest BCUT2D eigenvalue weighted by Crippen LogP contribution is 2.38. The molecule has 7 nitrogen and oxygen atoms in total. The van der Waals surface area contributed by atoms with Gasteiger partial charge in [0.1, 0.15) is 17.6 Å². The molecule has 3 heterocycles. The van der Waals surface area contributed by atoms with Crippen LogP contribution in [0.15, 0.2) is 43.0 Å². The molecule has 1 aromatic carbocycles. The van der Waals surface area contributed by atoms with Gasteiger partial charge in [0.2, 0.25) is 0 Å². The van der Waals surface area contributed by atoms with Gasteiger partial charge in [0, 0.05) is 29.8 Å². The van der Waals surface area contributed by atoms with Gasteiger partial charge in [-0.05, 0) is 69.2 Å². The van der Waals surface area contributed by atoms with Crippen LogP contribution in [-0.2, 0) is 23.0 Å². The van der Waals surface area contributed by atoms with Crippen molar-refractivity contribution in [3.63, 3.8) is 0 Å². The summed E-state index contributed by atoms with van der Waals surface area (Å²) in [5.41, 5.74) is 6.85. The first-order valence-electron chi connectivity index (χ1n) is 11.4. The number of rotatable bonds is 4. The first-order chi connectivity index (χ1) is 15.8. The summed E-state index contributed by atoms with van der Waals surface area (Å²) in [6.45, 7) is 5.74. The fourth-order valence-corrected chi connectivity index (χ4v) is 4.74. The van der Waals surface area contributed by atoms with E-state index < -0.39 is 5.60 Å². The van der Waals surface area contributed by atoms with Gasteiger partial charge in [-0.2, -0.15) is 5.10 Å². The molecule has 0 aliphatic heterocycles. The Morgan fingerprint density at radius 3 is 2.82 bits per heavy atom. The van der Waals surface area contributed by atoms with E-state index in [1.165, 1.54) is 11.1 Å². The van der Waals surface area contributed by atoms with Crippen molar-refractivity contribution in [3.05, 3.63) is 54.1 Å². The standard InChI is InChI=1S/C26H29N5O2/c1-26(2,3)33-23(32)11-17-7-5-6-16-10-18(8-9-20(16)17)24-21-12-22(19-13-29-31(4)14-19)30-25(21)28-15-27-24/h8-10,12-15,17H,5-7,11H2,1-4H3,(H,27,28,30). The van der Waals surface area contributed by atoms with Crippen molar-refractivity contribution in [2.75, 3.05) is 0 Å². The van der Waals surface area contributed by atoms with Crippen LogP contribution in [0.1, 0.15) is 57.1 Å². The highest BCUT2D eigenvalue weighted by atomic mass is 16.6. The third-order valence-corrected chi connectivity index (χ3v) is 6.13. The second kappa shape index (κ2) is 8.14. The number of benzene rings is 1. The number of ether oxygens (including phenoxy) is 1. The van der Waals surface area contributed by atoms with Crippen LogP contribution in [0.3, 0.4) is 0 Å². The lowest BCUT2D eigenvalue weighted by atomic mass is 9.80. The lowest BCUT2D eigenvalue weighted by Crippen LogP contribution is -2.25.